The van der Waals surface area contributed by atoms with Gasteiger partial charge in [-0.25, -0.2) is 4.68 Å². The van der Waals surface area contributed by atoms with Gasteiger partial charge < -0.3 is 14.8 Å². The van der Waals surface area contributed by atoms with Gasteiger partial charge in [-0.3, -0.25) is 10.1 Å². The van der Waals surface area contributed by atoms with Gasteiger partial charge in [0.2, 0.25) is 12.6 Å². The maximum atomic E-state index is 11.3. The third-order valence-electron chi connectivity index (χ3n) is 3.75. The third-order valence-corrected chi connectivity index (χ3v) is 3.75. The number of nitrogens with one attached hydrogen (secondary N) is 1. The molecule has 0 unspecified atom stereocenters. The van der Waals surface area contributed by atoms with E-state index >= 15 is 0 Å². The summed E-state index contributed by atoms with van der Waals surface area (Å²) in [5, 5.41) is 18.6. The molecule has 1 aliphatic heterocycles. The standard InChI is InChI=1S/C15H18N4O4/c1-3-11-14(19(20)21)15(18(2)17-11)16-7-6-10-4-5-12-13(8-10)23-9-22-12/h4-5,8,16H,3,6-7,9H2,1-2H3. The van der Waals surface area contributed by atoms with Crippen molar-refractivity contribution >= 4 is 11.5 Å². The molecule has 0 amide bonds. The van der Waals surface area contributed by atoms with Crippen LogP contribution in [-0.4, -0.2) is 28.0 Å². The van der Waals surface area contributed by atoms with Gasteiger partial charge in [-0.05, 0) is 30.5 Å². The van der Waals surface area contributed by atoms with Crippen LogP contribution in [0, 0.1) is 10.1 Å². The number of nitro groups is 1. The van der Waals surface area contributed by atoms with E-state index in [1.54, 1.807) is 7.05 Å². The van der Waals surface area contributed by atoms with Gasteiger partial charge in [0.25, 0.3) is 0 Å². The molecule has 0 bridgehead atoms. The summed E-state index contributed by atoms with van der Waals surface area (Å²) in [6.45, 7) is 2.66. The molecule has 122 valence electrons. The fourth-order valence-corrected chi connectivity index (χ4v) is 2.62. The fraction of sp³-hybridized carbons (Fsp3) is 0.400. The lowest BCUT2D eigenvalue weighted by atomic mass is 10.1. The Balaban J connectivity index is 1.69. The summed E-state index contributed by atoms with van der Waals surface area (Å²) in [6, 6.07) is 5.77. The highest BCUT2D eigenvalue weighted by Gasteiger charge is 2.25. The molecular weight excluding hydrogens is 300 g/mol. The van der Waals surface area contributed by atoms with Crippen molar-refractivity contribution in [3.8, 4) is 11.5 Å². The van der Waals surface area contributed by atoms with Crippen LogP contribution in [0.15, 0.2) is 18.2 Å². The second-order valence-corrected chi connectivity index (χ2v) is 5.24. The van der Waals surface area contributed by atoms with Gasteiger partial charge >= 0.3 is 5.69 Å². The van der Waals surface area contributed by atoms with E-state index in [1.165, 1.54) is 4.68 Å². The quantitative estimate of drug-likeness (QED) is 0.649. The van der Waals surface area contributed by atoms with Crippen LogP contribution in [0.3, 0.4) is 0 Å². The first kappa shape index (κ1) is 15.1. The van der Waals surface area contributed by atoms with Gasteiger partial charge in [-0.15, -0.1) is 0 Å². The van der Waals surface area contributed by atoms with Crippen LogP contribution in [0.25, 0.3) is 0 Å². The van der Waals surface area contributed by atoms with Crippen LogP contribution in [0.2, 0.25) is 0 Å². The van der Waals surface area contributed by atoms with E-state index in [9.17, 15) is 10.1 Å². The Morgan fingerprint density at radius 2 is 2.17 bits per heavy atom. The summed E-state index contributed by atoms with van der Waals surface area (Å²) >= 11 is 0. The second-order valence-electron chi connectivity index (χ2n) is 5.24. The first-order chi connectivity index (χ1) is 11.1. The number of anilines is 1. The van der Waals surface area contributed by atoms with Crippen molar-refractivity contribution < 1.29 is 14.4 Å². The lowest BCUT2D eigenvalue weighted by Gasteiger charge is -2.07. The van der Waals surface area contributed by atoms with Crippen molar-refractivity contribution in [2.24, 2.45) is 7.05 Å². The maximum Gasteiger partial charge on any atom is 0.333 e. The Bertz CT molecular complexity index is 741. The Morgan fingerprint density at radius 3 is 2.91 bits per heavy atom. The number of hydrogen-bond donors (Lipinski definition) is 1. The Morgan fingerprint density at radius 1 is 1.39 bits per heavy atom. The van der Waals surface area contributed by atoms with Gasteiger partial charge in [0.15, 0.2) is 11.5 Å². The number of fused-ring (bicyclic) bond motifs is 1. The first-order valence-electron chi connectivity index (χ1n) is 7.42. The Hall–Kier alpha value is -2.77. The predicted octanol–water partition coefficient (Wildman–Crippen LogP) is 2.27. The normalized spacial score (nSPS) is 12.4. The van der Waals surface area contributed by atoms with Gasteiger partial charge in [0.1, 0.15) is 5.69 Å². The molecular formula is C15H18N4O4. The largest absolute Gasteiger partial charge is 0.454 e. The number of hydrogen-bond acceptors (Lipinski definition) is 6. The monoisotopic (exact) mass is 318 g/mol. The van der Waals surface area contributed by atoms with Crippen molar-refractivity contribution in [1.82, 2.24) is 9.78 Å². The molecule has 1 aromatic heterocycles. The number of aromatic nitrogens is 2. The lowest BCUT2D eigenvalue weighted by molar-refractivity contribution is -0.384. The van der Waals surface area contributed by atoms with E-state index in [0.29, 0.717) is 30.9 Å². The molecule has 0 saturated heterocycles. The number of aryl methyl sites for hydroxylation is 2. The molecule has 0 spiro atoms. The Kier molecular flexibility index (Phi) is 4.05. The number of ether oxygens (including phenoxy) is 2. The van der Waals surface area contributed by atoms with Crippen molar-refractivity contribution in [2.75, 3.05) is 18.7 Å². The number of benzene rings is 1. The molecule has 1 aliphatic rings. The number of rotatable bonds is 6. The van der Waals surface area contributed by atoms with Crippen LogP contribution in [0.4, 0.5) is 11.5 Å². The molecule has 3 rings (SSSR count). The molecule has 2 aromatic rings. The zero-order chi connectivity index (χ0) is 16.4. The summed E-state index contributed by atoms with van der Waals surface area (Å²) in [7, 11) is 1.70. The second kappa shape index (κ2) is 6.15. The van der Waals surface area contributed by atoms with Crippen LogP contribution in [0.1, 0.15) is 18.2 Å². The van der Waals surface area contributed by atoms with Gasteiger partial charge in [0.05, 0.1) is 4.92 Å². The summed E-state index contributed by atoms with van der Waals surface area (Å²) in [6.07, 6.45) is 1.23. The molecule has 23 heavy (non-hydrogen) atoms. The smallest absolute Gasteiger partial charge is 0.333 e. The van der Waals surface area contributed by atoms with Gasteiger partial charge in [-0.2, -0.15) is 5.10 Å². The van der Waals surface area contributed by atoms with Gasteiger partial charge in [0, 0.05) is 13.6 Å². The fourth-order valence-electron chi connectivity index (χ4n) is 2.62. The number of nitrogens with zero attached hydrogens (tertiary/aromatic N) is 3. The lowest BCUT2D eigenvalue weighted by Crippen LogP contribution is -2.10. The zero-order valence-electron chi connectivity index (χ0n) is 13.0. The average Bonchev–Trinajstić information content (AvgIpc) is 3.11. The summed E-state index contributed by atoms with van der Waals surface area (Å²) in [5.74, 6) is 1.92. The van der Waals surface area contributed by atoms with Crippen LogP contribution >= 0.6 is 0 Å². The molecule has 0 saturated carbocycles. The van der Waals surface area contributed by atoms with Crippen molar-refractivity contribution in [1.29, 1.82) is 0 Å². The third kappa shape index (κ3) is 2.92. The summed E-state index contributed by atoms with van der Waals surface area (Å²) < 4.78 is 12.1. The van der Waals surface area contributed by atoms with E-state index in [1.807, 2.05) is 25.1 Å². The molecule has 0 aliphatic carbocycles. The zero-order valence-corrected chi connectivity index (χ0v) is 13.0. The maximum absolute atomic E-state index is 11.3. The van der Waals surface area contributed by atoms with Crippen LogP contribution < -0.4 is 14.8 Å². The summed E-state index contributed by atoms with van der Waals surface area (Å²) in [5.41, 5.74) is 1.62. The van der Waals surface area contributed by atoms with Crippen LogP contribution in [0.5, 0.6) is 11.5 Å². The minimum Gasteiger partial charge on any atom is -0.454 e. The molecule has 1 aromatic carbocycles. The van der Waals surface area contributed by atoms with E-state index in [4.69, 9.17) is 9.47 Å². The topological polar surface area (TPSA) is 91.5 Å². The minimum atomic E-state index is -0.380. The molecule has 8 nitrogen and oxygen atoms in total. The van der Waals surface area contributed by atoms with E-state index in [2.05, 4.69) is 10.4 Å². The first-order valence-corrected chi connectivity index (χ1v) is 7.42. The highest BCUT2D eigenvalue weighted by molar-refractivity contribution is 5.60. The average molecular weight is 318 g/mol. The highest BCUT2D eigenvalue weighted by Crippen LogP contribution is 2.33. The van der Waals surface area contributed by atoms with E-state index in [-0.39, 0.29) is 17.4 Å². The van der Waals surface area contributed by atoms with Crippen molar-refractivity contribution in [3.05, 3.63) is 39.6 Å². The molecule has 8 heteroatoms. The highest BCUT2D eigenvalue weighted by atomic mass is 16.7. The predicted molar refractivity (Wildman–Crippen MR) is 84.0 cm³/mol. The molecule has 2 heterocycles. The SMILES string of the molecule is CCc1nn(C)c(NCCc2ccc3c(c2)OCO3)c1[N+](=O)[O-]. The molecule has 0 radical (unpaired) electrons. The van der Waals surface area contributed by atoms with E-state index in [0.717, 1.165) is 17.1 Å². The van der Waals surface area contributed by atoms with Crippen molar-refractivity contribution in [3.63, 3.8) is 0 Å². The molecule has 0 atom stereocenters. The van der Waals surface area contributed by atoms with Crippen LogP contribution in [-0.2, 0) is 19.9 Å². The van der Waals surface area contributed by atoms with Crippen molar-refractivity contribution in [2.45, 2.75) is 19.8 Å². The van der Waals surface area contributed by atoms with E-state index < -0.39 is 0 Å². The molecule has 1 N–H and O–H groups in total. The summed E-state index contributed by atoms with van der Waals surface area (Å²) in [4.78, 5) is 10.9. The molecule has 0 fully saturated rings. The Labute approximate surface area is 133 Å². The minimum absolute atomic E-state index is 0.0562. The van der Waals surface area contributed by atoms with Gasteiger partial charge in [-0.1, -0.05) is 13.0 Å².